The lowest BCUT2D eigenvalue weighted by atomic mass is 10.1. The summed E-state index contributed by atoms with van der Waals surface area (Å²) >= 11 is 0. The van der Waals surface area contributed by atoms with Crippen molar-refractivity contribution in [3.63, 3.8) is 0 Å². The Kier molecular flexibility index (Phi) is 5.84. The summed E-state index contributed by atoms with van der Waals surface area (Å²) in [6.07, 6.45) is -4.47. The molecule has 3 aromatic rings. The van der Waals surface area contributed by atoms with Crippen molar-refractivity contribution >= 4 is 23.2 Å². The van der Waals surface area contributed by atoms with Gasteiger partial charge in [0.1, 0.15) is 17.3 Å². The minimum Gasteiger partial charge on any atom is -0.454 e. The quantitative estimate of drug-likeness (QED) is 0.456. The monoisotopic (exact) mass is 480 g/mol. The van der Waals surface area contributed by atoms with E-state index in [1.54, 1.807) is 4.90 Å². The lowest BCUT2D eigenvalue weighted by Crippen LogP contribution is -2.56. The van der Waals surface area contributed by atoms with Crippen LogP contribution in [0.1, 0.15) is 18.1 Å². The molecule has 0 spiro atoms. The van der Waals surface area contributed by atoms with Crippen LogP contribution in [0.15, 0.2) is 77.8 Å². The van der Waals surface area contributed by atoms with Crippen molar-refractivity contribution in [2.75, 3.05) is 25.0 Å². The van der Waals surface area contributed by atoms with E-state index in [0.29, 0.717) is 31.1 Å². The van der Waals surface area contributed by atoms with E-state index in [-0.39, 0.29) is 11.7 Å². The van der Waals surface area contributed by atoms with Gasteiger partial charge in [-0.3, -0.25) is 0 Å². The first-order valence-corrected chi connectivity index (χ1v) is 11.2. The van der Waals surface area contributed by atoms with Gasteiger partial charge in [0.05, 0.1) is 11.1 Å². The summed E-state index contributed by atoms with van der Waals surface area (Å²) in [5, 5.41) is 2.61. The molecular weight excluding hydrogens is 457 g/mol. The average molecular weight is 480 g/mol. The van der Waals surface area contributed by atoms with Crippen molar-refractivity contribution < 1.29 is 22.7 Å². The normalized spacial score (nSPS) is 17.5. The van der Waals surface area contributed by atoms with E-state index >= 15 is 0 Å². The third-order valence-corrected chi connectivity index (χ3v) is 6.07. The van der Waals surface area contributed by atoms with E-state index in [4.69, 9.17) is 9.73 Å². The molecule has 6 nitrogen and oxygen atoms in total. The van der Waals surface area contributed by atoms with Crippen molar-refractivity contribution in [3.8, 4) is 11.5 Å². The van der Waals surface area contributed by atoms with Crippen LogP contribution in [0.25, 0.3) is 0 Å². The zero-order chi connectivity index (χ0) is 24.6. The number of alkyl halides is 3. The molecule has 0 radical (unpaired) electrons. The summed E-state index contributed by atoms with van der Waals surface area (Å²) in [7, 11) is 0. The fourth-order valence-corrected chi connectivity index (χ4v) is 4.33. The smallest absolute Gasteiger partial charge is 0.416 e. The fraction of sp³-hybridized carbons (Fsp3) is 0.231. The third-order valence-electron chi connectivity index (χ3n) is 6.07. The lowest BCUT2D eigenvalue weighted by molar-refractivity contribution is -0.137. The van der Waals surface area contributed by atoms with Crippen LogP contribution in [0.2, 0.25) is 0 Å². The number of rotatable bonds is 1. The van der Waals surface area contributed by atoms with Crippen molar-refractivity contribution in [2.24, 2.45) is 4.99 Å². The van der Waals surface area contributed by atoms with Crippen molar-refractivity contribution in [1.29, 1.82) is 0 Å². The molecule has 1 atom stereocenters. The van der Waals surface area contributed by atoms with Crippen molar-refractivity contribution in [2.45, 2.75) is 19.1 Å². The predicted octanol–water partition coefficient (Wildman–Crippen LogP) is 6.13. The molecule has 2 aliphatic heterocycles. The summed E-state index contributed by atoms with van der Waals surface area (Å²) in [5.41, 5.74) is 0.879. The van der Waals surface area contributed by atoms with E-state index in [2.05, 4.69) is 10.2 Å². The van der Waals surface area contributed by atoms with Crippen LogP contribution >= 0.6 is 0 Å². The Labute approximate surface area is 200 Å². The highest BCUT2D eigenvalue weighted by Crippen LogP contribution is 2.38. The standard InChI is InChI=1S/C26H23F3N4O2/c1-17-16-32(13-14-33(17)25(34)30-19-8-6-7-18(15-19)26(27,28)29)24-20-9-2-4-11-22(20)35-23-12-5-3-10-21(23)31-24/h2-12,15,17H,13-14,16H2,1H3,(H,30,34). The number of amides is 2. The molecule has 3 aromatic carbocycles. The summed E-state index contributed by atoms with van der Waals surface area (Å²) in [5.74, 6) is 2.13. The minimum atomic E-state index is -4.47. The van der Waals surface area contributed by atoms with Gasteiger partial charge >= 0.3 is 12.2 Å². The molecule has 2 aliphatic rings. The van der Waals surface area contributed by atoms with Crippen LogP contribution in [0, 0.1) is 0 Å². The topological polar surface area (TPSA) is 57.2 Å². The number of aliphatic imine (C=N–C) groups is 1. The maximum atomic E-state index is 13.0. The zero-order valence-corrected chi connectivity index (χ0v) is 18.9. The van der Waals surface area contributed by atoms with Crippen LogP contribution in [-0.2, 0) is 6.18 Å². The molecule has 1 fully saturated rings. The maximum absolute atomic E-state index is 13.0. The van der Waals surface area contributed by atoms with E-state index in [9.17, 15) is 18.0 Å². The number of nitrogens with zero attached hydrogens (tertiary/aromatic N) is 3. The van der Waals surface area contributed by atoms with Gasteiger partial charge in [0.25, 0.3) is 0 Å². The Morgan fingerprint density at radius 3 is 2.51 bits per heavy atom. The summed E-state index contributed by atoms with van der Waals surface area (Å²) in [6, 6.07) is 19.2. The van der Waals surface area contributed by atoms with Gasteiger partial charge in [0, 0.05) is 31.4 Å². The first-order chi connectivity index (χ1) is 16.8. The number of para-hydroxylation sites is 3. The first-order valence-electron chi connectivity index (χ1n) is 11.2. The zero-order valence-electron chi connectivity index (χ0n) is 18.9. The molecule has 35 heavy (non-hydrogen) atoms. The van der Waals surface area contributed by atoms with E-state index in [0.717, 1.165) is 29.2 Å². The number of hydrogen-bond donors (Lipinski definition) is 1. The number of ether oxygens (including phenoxy) is 1. The molecular formula is C26H23F3N4O2. The van der Waals surface area contributed by atoms with Gasteiger partial charge in [-0.15, -0.1) is 0 Å². The van der Waals surface area contributed by atoms with Gasteiger partial charge in [0.2, 0.25) is 0 Å². The number of hydrogen-bond acceptors (Lipinski definition) is 4. The number of carbonyl (C=O) groups is 1. The Morgan fingerprint density at radius 2 is 1.74 bits per heavy atom. The first kappa shape index (κ1) is 22.8. The number of urea groups is 1. The fourth-order valence-electron chi connectivity index (χ4n) is 4.33. The molecule has 180 valence electrons. The van der Waals surface area contributed by atoms with Crippen molar-refractivity contribution in [1.82, 2.24) is 9.80 Å². The minimum absolute atomic E-state index is 0.107. The second-order valence-electron chi connectivity index (χ2n) is 8.50. The molecule has 2 amide bonds. The molecule has 9 heteroatoms. The molecule has 1 N–H and O–H groups in total. The average Bonchev–Trinajstić information content (AvgIpc) is 3.00. The molecule has 0 aromatic heterocycles. The summed E-state index contributed by atoms with van der Waals surface area (Å²) in [4.78, 5) is 21.5. The van der Waals surface area contributed by atoms with Crippen LogP contribution in [0.3, 0.4) is 0 Å². The largest absolute Gasteiger partial charge is 0.454 e. The number of carbonyl (C=O) groups excluding carboxylic acids is 1. The molecule has 0 saturated carbocycles. The highest BCUT2D eigenvalue weighted by atomic mass is 19.4. The van der Waals surface area contributed by atoms with E-state index in [1.807, 2.05) is 55.5 Å². The van der Waals surface area contributed by atoms with Gasteiger partial charge in [-0.1, -0.05) is 30.3 Å². The third kappa shape index (κ3) is 4.66. The number of anilines is 1. The van der Waals surface area contributed by atoms with Gasteiger partial charge in [0.15, 0.2) is 5.75 Å². The highest BCUT2D eigenvalue weighted by Gasteiger charge is 2.33. The van der Waals surface area contributed by atoms with E-state index < -0.39 is 17.8 Å². The number of piperazine rings is 1. The van der Waals surface area contributed by atoms with Crippen LogP contribution < -0.4 is 10.1 Å². The van der Waals surface area contributed by atoms with E-state index in [1.165, 1.54) is 12.1 Å². The number of amidine groups is 1. The Hall–Kier alpha value is -4.01. The van der Waals surface area contributed by atoms with Crippen LogP contribution in [0.5, 0.6) is 11.5 Å². The lowest BCUT2D eigenvalue weighted by Gasteiger charge is -2.41. The molecule has 2 heterocycles. The Balaban J connectivity index is 1.35. The summed E-state index contributed by atoms with van der Waals surface area (Å²) in [6.45, 7) is 3.31. The predicted molar refractivity (Wildman–Crippen MR) is 127 cm³/mol. The second kappa shape index (κ2) is 8.98. The van der Waals surface area contributed by atoms with Gasteiger partial charge in [-0.2, -0.15) is 13.2 Å². The van der Waals surface area contributed by atoms with Gasteiger partial charge in [-0.05, 0) is 49.4 Å². The van der Waals surface area contributed by atoms with Gasteiger partial charge < -0.3 is 19.9 Å². The van der Waals surface area contributed by atoms with Crippen LogP contribution in [-0.4, -0.2) is 47.3 Å². The second-order valence-corrected chi connectivity index (χ2v) is 8.50. The van der Waals surface area contributed by atoms with Crippen molar-refractivity contribution in [3.05, 3.63) is 83.9 Å². The number of nitrogens with one attached hydrogen (secondary N) is 1. The number of halogens is 3. The number of fused-ring (bicyclic) bond motifs is 2. The SMILES string of the molecule is CC1CN(C2=Nc3ccccc3Oc3ccccc32)CCN1C(=O)Nc1cccc(C(F)(F)F)c1. The molecule has 1 saturated heterocycles. The molecule has 0 aliphatic carbocycles. The Morgan fingerprint density at radius 1 is 1.00 bits per heavy atom. The maximum Gasteiger partial charge on any atom is 0.416 e. The molecule has 5 rings (SSSR count). The summed E-state index contributed by atoms with van der Waals surface area (Å²) < 4.78 is 45.2. The highest BCUT2D eigenvalue weighted by molar-refractivity contribution is 6.04. The Bertz CT molecular complexity index is 1290. The van der Waals surface area contributed by atoms with Gasteiger partial charge in [-0.25, -0.2) is 9.79 Å². The number of benzene rings is 3. The van der Waals surface area contributed by atoms with Crippen LogP contribution in [0.4, 0.5) is 29.3 Å². The molecule has 1 unspecified atom stereocenters. The molecule has 0 bridgehead atoms.